The van der Waals surface area contributed by atoms with E-state index in [-0.39, 0.29) is 28.7 Å². The smallest absolute Gasteiger partial charge is 0.343 e. The van der Waals surface area contributed by atoms with Crippen molar-refractivity contribution in [2.75, 3.05) is 5.01 Å². The number of nitro benzene ring substituents is 2. The Morgan fingerprint density at radius 3 is 2.15 bits per heavy atom. The minimum Gasteiger partial charge on any atom is -0.423 e. The summed E-state index contributed by atoms with van der Waals surface area (Å²) in [7, 11) is 0. The molecule has 0 aliphatic carbocycles. The molecule has 3 aromatic carbocycles. The summed E-state index contributed by atoms with van der Waals surface area (Å²) in [5.74, 6) is -0.427. The standard InChI is InChI=1S/C23H20N4O6/c1-16(2)25(19-8-10-20(11-9-19)26(29)30)24-15-17-6-12-22(13-7-17)33-23(28)18-4-3-5-21(14-18)27(31)32/h3-16H,1-2H3/b24-15-. The normalized spacial score (nSPS) is 10.9. The van der Waals surface area contributed by atoms with Crippen molar-refractivity contribution in [3.63, 3.8) is 0 Å². The molecule has 0 spiro atoms. The number of esters is 1. The van der Waals surface area contributed by atoms with Crippen LogP contribution >= 0.6 is 0 Å². The van der Waals surface area contributed by atoms with Crippen LogP contribution in [0.1, 0.15) is 29.8 Å². The maximum Gasteiger partial charge on any atom is 0.343 e. The van der Waals surface area contributed by atoms with E-state index in [4.69, 9.17) is 4.74 Å². The summed E-state index contributed by atoms with van der Waals surface area (Å²) in [6.07, 6.45) is 1.62. The number of hydrogen-bond acceptors (Lipinski definition) is 8. The fourth-order valence-corrected chi connectivity index (χ4v) is 2.89. The molecule has 0 aliphatic rings. The molecule has 0 unspecified atom stereocenters. The number of anilines is 1. The Labute approximate surface area is 189 Å². The van der Waals surface area contributed by atoms with E-state index >= 15 is 0 Å². The highest BCUT2D eigenvalue weighted by Gasteiger charge is 2.14. The monoisotopic (exact) mass is 448 g/mol. The van der Waals surface area contributed by atoms with Crippen LogP contribution in [0.25, 0.3) is 0 Å². The first-order chi connectivity index (χ1) is 15.7. The Morgan fingerprint density at radius 1 is 0.939 bits per heavy atom. The molecule has 168 valence electrons. The molecular formula is C23H20N4O6. The van der Waals surface area contributed by atoms with Crippen molar-refractivity contribution < 1.29 is 19.4 Å². The van der Waals surface area contributed by atoms with Gasteiger partial charge >= 0.3 is 5.97 Å². The molecular weight excluding hydrogens is 428 g/mol. The average Bonchev–Trinajstić information content (AvgIpc) is 2.80. The van der Waals surface area contributed by atoms with Crippen molar-refractivity contribution in [3.8, 4) is 5.75 Å². The molecule has 0 atom stereocenters. The summed E-state index contributed by atoms with van der Waals surface area (Å²) in [5.41, 5.74) is 1.32. The van der Waals surface area contributed by atoms with E-state index in [1.54, 1.807) is 47.6 Å². The number of rotatable bonds is 8. The second-order valence-electron chi connectivity index (χ2n) is 7.22. The molecule has 0 aliphatic heterocycles. The van der Waals surface area contributed by atoms with Crippen LogP contribution in [0.15, 0.2) is 77.9 Å². The third kappa shape index (κ3) is 5.97. The molecule has 3 aromatic rings. The zero-order chi connectivity index (χ0) is 24.0. The van der Waals surface area contributed by atoms with Crippen molar-refractivity contribution in [2.24, 2.45) is 5.10 Å². The zero-order valence-electron chi connectivity index (χ0n) is 17.8. The van der Waals surface area contributed by atoms with Gasteiger partial charge in [-0.3, -0.25) is 25.2 Å². The number of nitro groups is 2. The number of hydrazone groups is 1. The number of non-ortho nitro benzene ring substituents is 2. The van der Waals surface area contributed by atoms with Gasteiger partial charge in [0, 0.05) is 30.3 Å². The highest BCUT2D eigenvalue weighted by Crippen LogP contribution is 2.22. The van der Waals surface area contributed by atoms with Gasteiger partial charge in [-0.05, 0) is 61.9 Å². The first kappa shape index (κ1) is 23.1. The van der Waals surface area contributed by atoms with Gasteiger partial charge in [-0.15, -0.1) is 0 Å². The molecule has 3 rings (SSSR count). The van der Waals surface area contributed by atoms with Gasteiger partial charge in [0.1, 0.15) is 5.75 Å². The number of ether oxygens (including phenoxy) is 1. The minimum atomic E-state index is -0.704. The van der Waals surface area contributed by atoms with E-state index in [0.717, 1.165) is 11.6 Å². The number of carbonyl (C=O) groups is 1. The highest BCUT2D eigenvalue weighted by atomic mass is 16.6. The van der Waals surface area contributed by atoms with E-state index in [1.165, 1.54) is 30.3 Å². The summed E-state index contributed by atoms with van der Waals surface area (Å²) in [4.78, 5) is 32.9. The van der Waals surface area contributed by atoms with Gasteiger partial charge in [-0.1, -0.05) is 6.07 Å². The lowest BCUT2D eigenvalue weighted by atomic mass is 10.2. The molecule has 10 heteroatoms. The summed E-state index contributed by atoms with van der Waals surface area (Å²) >= 11 is 0. The molecule has 0 saturated heterocycles. The van der Waals surface area contributed by atoms with Crippen molar-refractivity contribution >= 4 is 29.2 Å². The number of hydrogen-bond donors (Lipinski definition) is 0. The van der Waals surface area contributed by atoms with Gasteiger partial charge in [0.25, 0.3) is 11.4 Å². The summed E-state index contributed by atoms with van der Waals surface area (Å²) in [6, 6.07) is 18.0. The quantitative estimate of drug-likeness (QED) is 0.156. The van der Waals surface area contributed by atoms with Crippen molar-refractivity contribution in [1.29, 1.82) is 0 Å². The first-order valence-corrected chi connectivity index (χ1v) is 9.89. The molecule has 0 saturated carbocycles. The minimum absolute atomic E-state index is 0.00155. The van der Waals surface area contributed by atoms with Gasteiger partial charge in [0.05, 0.1) is 27.3 Å². The lowest BCUT2D eigenvalue weighted by Crippen LogP contribution is -2.25. The molecule has 0 amide bonds. The topological polar surface area (TPSA) is 128 Å². The van der Waals surface area contributed by atoms with Crippen molar-refractivity contribution in [1.82, 2.24) is 0 Å². The van der Waals surface area contributed by atoms with Crippen LogP contribution in [0.2, 0.25) is 0 Å². The van der Waals surface area contributed by atoms with E-state index in [9.17, 15) is 25.0 Å². The summed E-state index contributed by atoms with van der Waals surface area (Å²) < 4.78 is 5.28. The fourth-order valence-electron chi connectivity index (χ4n) is 2.89. The molecule has 0 heterocycles. The van der Waals surface area contributed by atoms with E-state index in [0.29, 0.717) is 5.69 Å². The molecule has 10 nitrogen and oxygen atoms in total. The van der Waals surface area contributed by atoms with Crippen LogP contribution in [-0.4, -0.2) is 28.1 Å². The Hall–Kier alpha value is -4.60. The Bertz CT molecular complexity index is 1190. The SMILES string of the molecule is CC(C)N(/N=C\c1ccc(OC(=O)c2cccc([N+](=O)[O-])c2)cc1)c1ccc([N+](=O)[O-])cc1. The zero-order valence-corrected chi connectivity index (χ0v) is 17.8. The number of benzene rings is 3. The van der Waals surface area contributed by atoms with Crippen LogP contribution in [0.3, 0.4) is 0 Å². The van der Waals surface area contributed by atoms with Crippen LogP contribution in [0, 0.1) is 20.2 Å². The Balaban J connectivity index is 1.69. The molecule has 0 N–H and O–H groups in total. The maximum absolute atomic E-state index is 12.3. The summed E-state index contributed by atoms with van der Waals surface area (Å²) in [6.45, 7) is 3.88. The van der Waals surface area contributed by atoms with Gasteiger partial charge in [-0.2, -0.15) is 5.10 Å². The third-order valence-electron chi connectivity index (χ3n) is 4.53. The largest absolute Gasteiger partial charge is 0.423 e. The molecule has 0 aromatic heterocycles. The predicted octanol–water partition coefficient (Wildman–Crippen LogP) is 4.97. The van der Waals surface area contributed by atoms with Crippen molar-refractivity contribution in [3.05, 3.63) is 104 Å². The number of carbonyl (C=O) groups excluding carboxylic acids is 1. The van der Waals surface area contributed by atoms with Crippen LogP contribution < -0.4 is 9.75 Å². The average molecular weight is 448 g/mol. The van der Waals surface area contributed by atoms with Crippen LogP contribution in [0.5, 0.6) is 5.75 Å². The van der Waals surface area contributed by atoms with Gasteiger partial charge in [-0.25, -0.2) is 4.79 Å². The van der Waals surface area contributed by atoms with E-state index < -0.39 is 15.8 Å². The Morgan fingerprint density at radius 2 is 1.58 bits per heavy atom. The van der Waals surface area contributed by atoms with Crippen LogP contribution in [-0.2, 0) is 0 Å². The fraction of sp³-hybridized carbons (Fsp3) is 0.130. The lowest BCUT2D eigenvalue weighted by Gasteiger charge is -2.23. The Kier molecular flexibility index (Phi) is 7.09. The first-order valence-electron chi connectivity index (χ1n) is 9.89. The summed E-state index contributed by atoms with van der Waals surface area (Å²) in [5, 5.41) is 27.9. The van der Waals surface area contributed by atoms with E-state index in [2.05, 4.69) is 5.10 Å². The predicted molar refractivity (Wildman–Crippen MR) is 123 cm³/mol. The lowest BCUT2D eigenvalue weighted by molar-refractivity contribution is -0.385. The highest BCUT2D eigenvalue weighted by molar-refractivity contribution is 5.91. The van der Waals surface area contributed by atoms with E-state index in [1.807, 2.05) is 13.8 Å². The third-order valence-corrected chi connectivity index (χ3v) is 4.53. The second kappa shape index (κ2) is 10.1. The molecule has 0 radical (unpaired) electrons. The van der Waals surface area contributed by atoms with Crippen molar-refractivity contribution in [2.45, 2.75) is 19.9 Å². The van der Waals surface area contributed by atoms with Crippen LogP contribution in [0.4, 0.5) is 17.1 Å². The number of nitrogens with zero attached hydrogens (tertiary/aromatic N) is 4. The second-order valence-corrected chi connectivity index (χ2v) is 7.22. The molecule has 33 heavy (non-hydrogen) atoms. The molecule has 0 bridgehead atoms. The van der Waals surface area contributed by atoms with Gasteiger partial charge < -0.3 is 4.74 Å². The molecule has 0 fully saturated rings. The van der Waals surface area contributed by atoms with Gasteiger partial charge in [0.2, 0.25) is 0 Å². The maximum atomic E-state index is 12.3. The van der Waals surface area contributed by atoms with Gasteiger partial charge in [0.15, 0.2) is 0 Å².